The molecule has 4 unspecified atom stereocenters. The van der Waals surface area contributed by atoms with Crippen molar-refractivity contribution in [1.29, 1.82) is 0 Å². The van der Waals surface area contributed by atoms with Crippen LogP contribution in [0.25, 0.3) is 0 Å². The van der Waals surface area contributed by atoms with Crippen LogP contribution < -0.4 is 27.4 Å². The van der Waals surface area contributed by atoms with E-state index < -0.39 is 72.6 Å². The number of aromatic amines is 1. The number of nitrogens with one attached hydrogen (secondary N) is 4. The first kappa shape index (κ1) is 30.0. The maximum Gasteiger partial charge on any atom is 0.326 e. The van der Waals surface area contributed by atoms with Crippen LogP contribution >= 0.6 is 0 Å². The number of imidazole rings is 1. The number of hydrogen-bond donors (Lipinski definition) is 9. The third-order valence-corrected chi connectivity index (χ3v) is 4.92. The molecule has 16 nitrogen and oxygen atoms in total. The zero-order chi connectivity index (χ0) is 27.3. The molecule has 3 amide bonds. The molecule has 1 rings (SSSR count). The molecule has 0 aromatic carbocycles. The van der Waals surface area contributed by atoms with Crippen molar-refractivity contribution in [3.63, 3.8) is 0 Å². The number of carbonyl (C=O) groups is 6. The van der Waals surface area contributed by atoms with Gasteiger partial charge in [0, 0.05) is 18.3 Å². The minimum absolute atomic E-state index is 0.0391. The van der Waals surface area contributed by atoms with E-state index in [9.17, 15) is 33.9 Å². The number of carbonyl (C=O) groups excluding carboxylic acids is 3. The largest absolute Gasteiger partial charge is 0.481 e. The van der Waals surface area contributed by atoms with Crippen molar-refractivity contribution in [2.45, 2.75) is 62.7 Å². The zero-order valence-electron chi connectivity index (χ0n) is 19.3. The first-order valence-corrected chi connectivity index (χ1v) is 10.9. The lowest BCUT2D eigenvalue weighted by Gasteiger charge is -2.25. The highest BCUT2D eigenvalue weighted by Crippen LogP contribution is 2.06. The maximum atomic E-state index is 13.1. The summed E-state index contributed by atoms with van der Waals surface area (Å²) in [7, 11) is 0. The van der Waals surface area contributed by atoms with Gasteiger partial charge in [0.25, 0.3) is 0 Å². The van der Waals surface area contributed by atoms with Gasteiger partial charge in [0.1, 0.15) is 18.1 Å². The molecule has 0 spiro atoms. The molecule has 0 aliphatic carbocycles. The Bertz CT molecular complexity index is 923. The molecule has 0 radical (unpaired) electrons. The molecule has 0 aliphatic rings. The molecule has 11 N–H and O–H groups in total. The van der Waals surface area contributed by atoms with Gasteiger partial charge in [0.15, 0.2) is 0 Å². The molecule has 4 atom stereocenters. The molecule has 16 heteroatoms. The van der Waals surface area contributed by atoms with Crippen molar-refractivity contribution in [1.82, 2.24) is 25.9 Å². The second kappa shape index (κ2) is 15.0. The summed E-state index contributed by atoms with van der Waals surface area (Å²) in [6.45, 7) is 0.291. The van der Waals surface area contributed by atoms with Gasteiger partial charge in [0.05, 0.1) is 25.2 Å². The molecule has 1 aromatic rings. The van der Waals surface area contributed by atoms with Crippen molar-refractivity contribution in [3.05, 3.63) is 18.2 Å². The van der Waals surface area contributed by atoms with Crippen LogP contribution in [0.3, 0.4) is 0 Å². The van der Waals surface area contributed by atoms with Gasteiger partial charge in [-0.25, -0.2) is 9.78 Å². The summed E-state index contributed by atoms with van der Waals surface area (Å²) in [5, 5.41) is 33.8. The van der Waals surface area contributed by atoms with E-state index in [0.29, 0.717) is 25.1 Å². The molecule has 200 valence electrons. The lowest BCUT2D eigenvalue weighted by atomic mass is 10.0. The summed E-state index contributed by atoms with van der Waals surface area (Å²) in [5.41, 5.74) is 11.5. The number of rotatable bonds is 17. The average molecular weight is 514 g/mol. The van der Waals surface area contributed by atoms with E-state index in [2.05, 4.69) is 25.9 Å². The molecule has 0 bridgehead atoms. The molecule has 0 saturated carbocycles. The van der Waals surface area contributed by atoms with Gasteiger partial charge in [-0.05, 0) is 25.8 Å². The Morgan fingerprint density at radius 3 is 1.97 bits per heavy atom. The van der Waals surface area contributed by atoms with E-state index in [1.165, 1.54) is 12.5 Å². The average Bonchev–Trinajstić information content (AvgIpc) is 3.29. The number of hydrogen-bond acceptors (Lipinski definition) is 9. The number of nitrogens with zero attached hydrogens (tertiary/aromatic N) is 1. The van der Waals surface area contributed by atoms with Gasteiger partial charge in [-0.1, -0.05) is 0 Å². The topological polar surface area (TPSA) is 280 Å². The lowest BCUT2D eigenvalue weighted by Crippen LogP contribution is -2.57. The Balaban J connectivity index is 3.06. The summed E-state index contributed by atoms with van der Waals surface area (Å²) < 4.78 is 0. The number of unbranched alkanes of at least 4 members (excludes halogenated alkanes) is 1. The lowest BCUT2D eigenvalue weighted by molar-refractivity contribution is -0.147. The zero-order valence-corrected chi connectivity index (χ0v) is 19.3. The Kier molecular flexibility index (Phi) is 12.5. The van der Waals surface area contributed by atoms with Gasteiger partial charge in [-0.15, -0.1) is 0 Å². The van der Waals surface area contributed by atoms with E-state index in [-0.39, 0.29) is 12.8 Å². The molecule has 1 heterocycles. The Morgan fingerprint density at radius 2 is 1.44 bits per heavy atom. The van der Waals surface area contributed by atoms with Crippen LogP contribution in [0.5, 0.6) is 0 Å². The Hall–Kier alpha value is -4.05. The van der Waals surface area contributed by atoms with Gasteiger partial charge < -0.3 is 47.7 Å². The van der Waals surface area contributed by atoms with Crippen LogP contribution in [0.15, 0.2) is 12.5 Å². The van der Waals surface area contributed by atoms with Crippen LogP contribution in [0.1, 0.15) is 37.8 Å². The minimum atomic E-state index is -1.74. The molecule has 1 aromatic heterocycles. The van der Waals surface area contributed by atoms with Crippen LogP contribution in [0.4, 0.5) is 0 Å². The third kappa shape index (κ3) is 10.9. The van der Waals surface area contributed by atoms with Gasteiger partial charge >= 0.3 is 17.9 Å². The Labute approximate surface area is 205 Å². The first-order valence-electron chi connectivity index (χ1n) is 10.9. The fourth-order valence-electron chi connectivity index (χ4n) is 3.07. The molecule has 0 saturated heterocycles. The predicted octanol–water partition coefficient (Wildman–Crippen LogP) is -3.10. The van der Waals surface area contributed by atoms with Crippen molar-refractivity contribution in [3.8, 4) is 0 Å². The highest BCUT2D eigenvalue weighted by Gasteiger charge is 2.31. The minimum Gasteiger partial charge on any atom is -0.481 e. The predicted molar refractivity (Wildman–Crippen MR) is 121 cm³/mol. The number of H-pyrrole nitrogens is 1. The molecule has 36 heavy (non-hydrogen) atoms. The van der Waals surface area contributed by atoms with E-state index in [1.807, 2.05) is 0 Å². The number of carboxylic acid groups (broad SMARTS) is 3. The maximum absolute atomic E-state index is 13.1. The van der Waals surface area contributed by atoms with Crippen LogP contribution in [-0.4, -0.2) is 91.6 Å². The van der Waals surface area contributed by atoms with E-state index in [1.54, 1.807) is 0 Å². The molecular weight excluding hydrogens is 482 g/mol. The van der Waals surface area contributed by atoms with E-state index >= 15 is 0 Å². The van der Waals surface area contributed by atoms with Crippen LogP contribution in [-0.2, 0) is 35.2 Å². The van der Waals surface area contributed by atoms with Crippen LogP contribution in [0, 0.1) is 0 Å². The highest BCUT2D eigenvalue weighted by atomic mass is 16.4. The van der Waals surface area contributed by atoms with Crippen molar-refractivity contribution in [2.24, 2.45) is 11.5 Å². The number of carboxylic acids is 3. The highest BCUT2D eigenvalue weighted by molar-refractivity contribution is 5.95. The molecule has 0 fully saturated rings. The van der Waals surface area contributed by atoms with E-state index in [0.717, 1.165) is 0 Å². The van der Waals surface area contributed by atoms with Gasteiger partial charge in [-0.3, -0.25) is 24.0 Å². The number of aliphatic carboxylic acids is 3. The third-order valence-electron chi connectivity index (χ3n) is 4.92. The molecule has 0 aliphatic heterocycles. The second-order valence-electron chi connectivity index (χ2n) is 7.89. The van der Waals surface area contributed by atoms with Gasteiger partial charge in [0.2, 0.25) is 17.7 Å². The summed E-state index contributed by atoms with van der Waals surface area (Å²) in [4.78, 5) is 77.9. The summed E-state index contributed by atoms with van der Waals surface area (Å²) >= 11 is 0. The smallest absolute Gasteiger partial charge is 0.326 e. The number of amides is 3. The van der Waals surface area contributed by atoms with Gasteiger partial charge in [-0.2, -0.15) is 0 Å². The fourth-order valence-corrected chi connectivity index (χ4v) is 3.07. The second-order valence-corrected chi connectivity index (χ2v) is 7.89. The SMILES string of the molecule is NCCCCC(NC(=O)C(Cc1cnc[nH]1)NC(=O)C(N)CC(=O)O)C(=O)NC(CC(=O)O)C(=O)O. The monoisotopic (exact) mass is 513 g/mol. The van der Waals surface area contributed by atoms with E-state index in [4.69, 9.17) is 21.7 Å². The number of nitrogens with two attached hydrogens (primary N) is 2. The summed E-state index contributed by atoms with van der Waals surface area (Å²) in [6, 6.07) is -5.78. The van der Waals surface area contributed by atoms with Crippen molar-refractivity contribution < 1.29 is 44.1 Å². The summed E-state index contributed by atoms with van der Waals surface area (Å²) in [6.07, 6.45) is 1.92. The van der Waals surface area contributed by atoms with Crippen molar-refractivity contribution in [2.75, 3.05) is 6.54 Å². The fraction of sp³-hybridized carbons (Fsp3) is 0.550. The van der Waals surface area contributed by atoms with Crippen molar-refractivity contribution >= 4 is 35.6 Å². The molecular formula is C20H31N7O9. The number of aromatic nitrogens is 2. The normalized spacial score (nSPS) is 14.1. The standard InChI is InChI=1S/C20H31N7O9/c21-4-2-1-3-12(18(33)27-14(20(35)36)7-16(30)31)25-19(34)13(5-10-8-23-9-24-10)26-17(32)11(22)6-15(28)29/h8-9,11-14H,1-7,21-22H2,(H,23,24)(H,25,34)(H,26,32)(H,27,33)(H,28,29)(H,30,31)(H,35,36). The summed E-state index contributed by atoms with van der Waals surface area (Å²) in [5.74, 6) is -7.06. The quantitative estimate of drug-likeness (QED) is 0.0936. The first-order chi connectivity index (χ1) is 16.9. The Morgan fingerprint density at radius 1 is 0.861 bits per heavy atom. The van der Waals surface area contributed by atoms with Crippen LogP contribution in [0.2, 0.25) is 0 Å².